The summed E-state index contributed by atoms with van der Waals surface area (Å²) < 4.78 is 5.16. The molecular formula is C17H18N2O. The second kappa shape index (κ2) is 6.66. The highest BCUT2D eigenvalue weighted by Gasteiger charge is 2.03. The van der Waals surface area contributed by atoms with E-state index in [0.717, 1.165) is 22.6 Å². The molecule has 3 heteroatoms. The van der Waals surface area contributed by atoms with Crippen LogP contribution in [0.25, 0.3) is 0 Å². The van der Waals surface area contributed by atoms with E-state index in [2.05, 4.69) is 9.98 Å². The summed E-state index contributed by atoms with van der Waals surface area (Å²) in [5.41, 5.74) is 3.02. The van der Waals surface area contributed by atoms with Crippen molar-refractivity contribution >= 4 is 11.5 Å². The third kappa shape index (κ3) is 3.32. The molecule has 0 atom stereocenters. The molecule has 0 radical (unpaired) electrons. The van der Waals surface area contributed by atoms with Crippen molar-refractivity contribution in [2.75, 3.05) is 14.2 Å². The van der Waals surface area contributed by atoms with Crippen LogP contribution >= 0.6 is 0 Å². The predicted molar refractivity (Wildman–Crippen MR) is 84.1 cm³/mol. The van der Waals surface area contributed by atoms with Crippen molar-refractivity contribution in [1.82, 2.24) is 0 Å². The third-order valence-corrected chi connectivity index (χ3v) is 3.03. The quantitative estimate of drug-likeness (QED) is 0.617. The van der Waals surface area contributed by atoms with Crippen molar-refractivity contribution in [3.63, 3.8) is 0 Å². The van der Waals surface area contributed by atoms with Gasteiger partial charge < -0.3 is 4.74 Å². The van der Waals surface area contributed by atoms with E-state index in [1.807, 2.05) is 61.5 Å². The largest absolute Gasteiger partial charge is 0.497 e. The van der Waals surface area contributed by atoms with Crippen molar-refractivity contribution in [2.24, 2.45) is 9.98 Å². The van der Waals surface area contributed by atoms with Gasteiger partial charge in [-0.15, -0.1) is 0 Å². The average Bonchev–Trinajstić information content (AvgIpc) is 2.53. The molecule has 102 valence electrons. The molecule has 0 aliphatic rings. The summed E-state index contributed by atoms with van der Waals surface area (Å²) in [5.74, 6) is 1.54. The molecule has 0 amide bonds. The maximum atomic E-state index is 5.16. The molecule has 0 N–H and O–H groups in total. The lowest BCUT2D eigenvalue weighted by Crippen LogP contribution is -2.03. The van der Waals surface area contributed by atoms with Gasteiger partial charge in [-0.25, -0.2) is 4.99 Å². The fourth-order valence-corrected chi connectivity index (χ4v) is 1.89. The molecule has 0 saturated carbocycles. The second-order valence-corrected chi connectivity index (χ2v) is 4.34. The Balaban J connectivity index is 2.29. The maximum absolute atomic E-state index is 5.16. The van der Waals surface area contributed by atoms with E-state index in [9.17, 15) is 0 Å². The van der Waals surface area contributed by atoms with Gasteiger partial charge in [0.2, 0.25) is 0 Å². The lowest BCUT2D eigenvalue weighted by atomic mass is 10.1. The summed E-state index contributed by atoms with van der Waals surface area (Å²) in [6, 6.07) is 17.8. The monoisotopic (exact) mass is 266 g/mol. The van der Waals surface area contributed by atoms with Crippen molar-refractivity contribution in [2.45, 2.75) is 6.92 Å². The number of aliphatic imine (C=N–C) groups is 2. The van der Waals surface area contributed by atoms with Crippen LogP contribution in [0, 0.1) is 0 Å². The molecule has 0 saturated heterocycles. The van der Waals surface area contributed by atoms with Gasteiger partial charge in [-0.2, -0.15) is 0 Å². The van der Waals surface area contributed by atoms with Crippen molar-refractivity contribution in [1.29, 1.82) is 0 Å². The molecule has 2 aromatic rings. The molecule has 2 aromatic carbocycles. The van der Waals surface area contributed by atoms with E-state index in [1.54, 1.807) is 14.2 Å². The van der Waals surface area contributed by atoms with Crippen LogP contribution in [-0.2, 0) is 0 Å². The molecular weight excluding hydrogens is 248 g/mol. The Labute approximate surface area is 119 Å². The summed E-state index contributed by atoms with van der Waals surface area (Å²) in [6.07, 6.45) is 0. The number of amidine groups is 1. The Morgan fingerprint density at radius 3 is 2.10 bits per heavy atom. The molecule has 0 aliphatic carbocycles. The molecule has 0 bridgehead atoms. The molecule has 2 rings (SSSR count). The Morgan fingerprint density at radius 1 is 0.900 bits per heavy atom. The SMILES string of the molecule is CN=C(N=C(C)c1ccccc1)c1ccc(OC)cc1. The number of benzene rings is 2. The summed E-state index contributed by atoms with van der Waals surface area (Å²) in [5, 5.41) is 0. The van der Waals surface area contributed by atoms with Gasteiger partial charge in [0.1, 0.15) is 5.75 Å². The van der Waals surface area contributed by atoms with Gasteiger partial charge in [0.15, 0.2) is 5.84 Å². The molecule has 0 spiro atoms. The normalized spacial score (nSPS) is 12.3. The lowest BCUT2D eigenvalue weighted by molar-refractivity contribution is 0.415. The Morgan fingerprint density at radius 2 is 1.55 bits per heavy atom. The van der Waals surface area contributed by atoms with Crippen LogP contribution in [0.4, 0.5) is 0 Å². The highest BCUT2D eigenvalue weighted by Crippen LogP contribution is 2.13. The van der Waals surface area contributed by atoms with Gasteiger partial charge in [-0.3, -0.25) is 4.99 Å². The zero-order valence-electron chi connectivity index (χ0n) is 12.0. The van der Waals surface area contributed by atoms with Gasteiger partial charge in [0, 0.05) is 18.3 Å². The van der Waals surface area contributed by atoms with Crippen LogP contribution in [-0.4, -0.2) is 25.7 Å². The van der Waals surface area contributed by atoms with Crippen molar-refractivity contribution < 1.29 is 4.74 Å². The van der Waals surface area contributed by atoms with E-state index in [1.165, 1.54) is 0 Å². The smallest absolute Gasteiger partial charge is 0.154 e. The first-order valence-electron chi connectivity index (χ1n) is 6.46. The van der Waals surface area contributed by atoms with Gasteiger partial charge in [0.25, 0.3) is 0 Å². The molecule has 0 aliphatic heterocycles. The third-order valence-electron chi connectivity index (χ3n) is 3.03. The Hall–Kier alpha value is -2.42. The predicted octanol–water partition coefficient (Wildman–Crippen LogP) is 3.58. The Kier molecular flexibility index (Phi) is 4.66. The van der Waals surface area contributed by atoms with Crippen molar-refractivity contribution in [3.8, 4) is 5.75 Å². The molecule has 0 heterocycles. The topological polar surface area (TPSA) is 34.0 Å². The Bertz CT molecular complexity index is 613. The maximum Gasteiger partial charge on any atom is 0.154 e. The van der Waals surface area contributed by atoms with Gasteiger partial charge in [0.05, 0.1) is 7.11 Å². The van der Waals surface area contributed by atoms with Crippen LogP contribution in [0.2, 0.25) is 0 Å². The fraction of sp³-hybridized carbons (Fsp3) is 0.176. The summed E-state index contributed by atoms with van der Waals surface area (Å²) in [6.45, 7) is 1.99. The molecule has 20 heavy (non-hydrogen) atoms. The van der Waals surface area contributed by atoms with Gasteiger partial charge in [-0.1, -0.05) is 30.3 Å². The minimum absolute atomic E-state index is 0.717. The molecule has 3 nitrogen and oxygen atoms in total. The van der Waals surface area contributed by atoms with Crippen LogP contribution < -0.4 is 4.74 Å². The van der Waals surface area contributed by atoms with E-state index < -0.39 is 0 Å². The van der Waals surface area contributed by atoms with Gasteiger partial charge in [-0.05, 0) is 36.8 Å². The summed E-state index contributed by atoms with van der Waals surface area (Å²) >= 11 is 0. The standard InChI is InChI=1S/C17H18N2O/c1-13(14-7-5-4-6-8-14)19-17(18-2)15-9-11-16(20-3)12-10-15/h4-12H,1-3H3. The lowest BCUT2D eigenvalue weighted by Gasteiger charge is -2.05. The van der Waals surface area contributed by atoms with E-state index in [-0.39, 0.29) is 0 Å². The van der Waals surface area contributed by atoms with E-state index in [0.29, 0.717) is 5.84 Å². The number of methoxy groups -OCH3 is 1. The summed E-state index contributed by atoms with van der Waals surface area (Å²) in [7, 11) is 3.41. The average molecular weight is 266 g/mol. The van der Waals surface area contributed by atoms with Gasteiger partial charge >= 0.3 is 0 Å². The van der Waals surface area contributed by atoms with Crippen LogP contribution in [0.15, 0.2) is 64.6 Å². The number of rotatable bonds is 3. The fourth-order valence-electron chi connectivity index (χ4n) is 1.89. The first-order valence-corrected chi connectivity index (χ1v) is 6.46. The minimum atomic E-state index is 0.717. The zero-order valence-corrected chi connectivity index (χ0v) is 12.0. The van der Waals surface area contributed by atoms with Crippen LogP contribution in [0.3, 0.4) is 0 Å². The molecule has 0 fully saturated rings. The van der Waals surface area contributed by atoms with E-state index in [4.69, 9.17) is 4.74 Å². The number of ether oxygens (including phenoxy) is 1. The highest BCUT2D eigenvalue weighted by molar-refractivity contribution is 6.11. The molecule has 0 aromatic heterocycles. The van der Waals surface area contributed by atoms with E-state index >= 15 is 0 Å². The number of hydrogen-bond acceptors (Lipinski definition) is 2. The van der Waals surface area contributed by atoms with Crippen molar-refractivity contribution in [3.05, 3.63) is 65.7 Å². The first-order chi connectivity index (χ1) is 9.74. The minimum Gasteiger partial charge on any atom is -0.497 e. The zero-order chi connectivity index (χ0) is 14.4. The number of nitrogens with zero attached hydrogens (tertiary/aromatic N) is 2. The number of hydrogen-bond donors (Lipinski definition) is 0. The molecule has 0 unspecified atom stereocenters. The summed E-state index contributed by atoms with van der Waals surface area (Å²) in [4.78, 5) is 8.88. The van der Waals surface area contributed by atoms with Crippen LogP contribution in [0.5, 0.6) is 5.75 Å². The van der Waals surface area contributed by atoms with Crippen LogP contribution in [0.1, 0.15) is 18.1 Å². The first kappa shape index (κ1) is 14.0. The second-order valence-electron chi connectivity index (χ2n) is 4.34. The highest BCUT2D eigenvalue weighted by atomic mass is 16.5.